The lowest BCUT2D eigenvalue weighted by molar-refractivity contribution is -0.149. The van der Waals surface area contributed by atoms with Gasteiger partial charge in [0, 0.05) is 6.42 Å². The maximum Gasteiger partial charge on any atom is 0.323 e. The molecule has 0 aliphatic rings. The molecule has 1 amide bonds. The predicted molar refractivity (Wildman–Crippen MR) is 77.7 cm³/mol. The van der Waals surface area contributed by atoms with Gasteiger partial charge in [0.05, 0.1) is 0 Å². The average molecular weight is 302 g/mol. The van der Waals surface area contributed by atoms with Crippen LogP contribution in [-0.4, -0.2) is 52.6 Å². The first-order valence-corrected chi connectivity index (χ1v) is 6.99. The summed E-state index contributed by atoms with van der Waals surface area (Å²) < 4.78 is 0. The Morgan fingerprint density at radius 2 is 1.52 bits per heavy atom. The normalized spacial score (nSPS) is 12.8. The molecule has 0 rings (SSSR count). The molecule has 1 atom stereocenters. The molecular weight excluding hydrogens is 276 g/mol. The summed E-state index contributed by atoms with van der Waals surface area (Å²) in [6.45, 7) is 5.51. The van der Waals surface area contributed by atoms with Crippen molar-refractivity contribution in [3.05, 3.63) is 0 Å². The number of carbonyl (C=O) groups is 3. The van der Waals surface area contributed by atoms with Crippen molar-refractivity contribution in [2.45, 2.75) is 40.0 Å². The van der Waals surface area contributed by atoms with Gasteiger partial charge in [0.25, 0.3) is 0 Å². The first-order chi connectivity index (χ1) is 9.57. The van der Waals surface area contributed by atoms with Crippen molar-refractivity contribution in [1.29, 1.82) is 0 Å². The van der Waals surface area contributed by atoms with Gasteiger partial charge in [-0.2, -0.15) is 0 Å². The van der Waals surface area contributed by atoms with Gasteiger partial charge in [-0.05, 0) is 30.7 Å². The molecule has 4 N–H and O–H groups in total. The van der Waals surface area contributed by atoms with Crippen LogP contribution in [0, 0.1) is 11.3 Å². The molecule has 0 saturated heterocycles. The van der Waals surface area contributed by atoms with Crippen molar-refractivity contribution in [1.82, 2.24) is 4.90 Å². The number of rotatable bonds is 9. The molecule has 0 heterocycles. The van der Waals surface area contributed by atoms with E-state index in [4.69, 9.17) is 15.9 Å². The van der Waals surface area contributed by atoms with Crippen molar-refractivity contribution in [2.24, 2.45) is 17.1 Å². The van der Waals surface area contributed by atoms with Gasteiger partial charge in [-0.15, -0.1) is 0 Å². The molecule has 122 valence electrons. The zero-order valence-corrected chi connectivity index (χ0v) is 13.0. The van der Waals surface area contributed by atoms with Crippen LogP contribution in [0.5, 0.6) is 0 Å². The molecule has 0 saturated carbocycles. The van der Waals surface area contributed by atoms with Crippen LogP contribution in [0.15, 0.2) is 0 Å². The fourth-order valence-corrected chi connectivity index (χ4v) is 2.23. The molecule has 0 aromatic heterocycles. The standard InChI is InChI=1S/C14H26N2O5/c1-14(2,3)10(6-7-15)4-5-11(17)16(8-12(18)19)9-13(20)21/h10H,4-9,15H2,1-3H3,(H,18,19)(H,20,21). The fraction of sp³-hybridized carbons (Fsp3) is 0.786. The van der Waals surface area contributed by atoms with E-state index in [0.717, 1.165) is 11.3 Å². The monoisotopic (exact) mass is 302 g/mol. The molecule has 0 aliphatic heterocycles. The van der Waals surface area contributed by atoms with E-state index in [1.54, 1.807) is 0 Å². The van der Waals surface area contributed by atoms with Gasteiger partial charge in [0.15, 0.2) is 0 Å². The molecule has 0 fully saturated rings. The van der Waals surface area contributed by atoms with Crippen LogP contribution in [0.2, 0.25) is 0 Å². The SMILES string of the molecule is CC(C)(C)C(CCN)CCC(=O)N(CC(=O)O)CC(=O)O. The van der Waals surface area contributed by atoms with Gasteiger partial charge in [-0.1, -0.05) is 20.8 Å². The third-order valence-corrected chi connectivity index (χ3v) is 3.45. The van der Waals surface area contributed by atoms with Gasteiger partial charge in [0.1, 0.15) is 13.1 Å². The first kappa shape index (κ1) is 19.4. The predicted octanol–water partition coefficient (Wildman–Crippen LogP) is 0.776. The van der Waals surface area contributed by atoms with Gasteiger partial charge >= 0.3 is 11.9 Å². The zero-order chi connectivity index (χ0) is 16.6. The van der Waals surface area contributed by atoms with E-state index in [0.29, 0.717) is 13.0 Å². The van der Waals surface area contributed by atoms with Gasteiger partial charge < -0.3 is 20.8 Å². The molecule has 0 aromatic rings. The van der Waals surface area contributed by atoms with E-state index in [-0.39, 0.29) is 17.8 Å². The molecule has 0 bridgehead atoms. The van der Waals surface area contributed by atoms with Crippen LogP contribution in [0.1, 0.15) is 40.0 Å². The number of amides is 1. The van der Waals surface area contributed by atoms with Crippen molar-refractivity contribution < 1.29 is 24.6 Å². The second kappa shape index (κ2) is 8.61. The van der Waals surface area contributed by atoms with Crippen LogP contribution < -0.4 is 5.73 Å². The summed E-state index contributed by atoms with van der Waals surface area (Å²) in [5, 5.41) is 17.5. The summed E-state index contributed by atoms with van der Waals surface area (Å²) in [4.78, 5) is 34.3. The van der Waals surface area contributed by atoms with Gasteiger partial charge in [-0.25, -0.2) is 0 Å². The Kier molecular flexibility index (Phi) is 7.94. The van der Waals surface area contributed by atoms with E-state index in [9.17, 15) is 14.4 Å². The van der Waals surface area contributed by atoms with Crippen LogP contribution in [0.3, 0.4) is 0 Å². The number of aliphatic carboxylic acids is 2. The number of carboxylic acids is 2. The molecule has 0 spiro atoms. The third kappa shape index (κ3) is 8.29. The number of carbonyl (C=O) groups excluding carboxylic acids is 1. The van der Waals surface area contributed by atoms with Crippen LogP contribution in [-0.2, 0) is 14.4 Å². The summed E-state index contributed by atoms with van der Waals surface area (Å²) in [6, 6.07) is 0. The summed E-state index contributed by atoms with van der Waals surface area (Å²) in [6.07, 6.45) is 1.46. The molecule has 21 heavy (non-hydrogen) atoms. The quantitative estimate of drug-likeness (QED) is 0.578. The second-order valence-corrected chi connectivity index (χ2v) is 6.22. The lowest BCUT2D eigenvalue weighted by atomic mass is 9.76. The molecule has 0 aliphatic carbocycles. The van der Waals surface area contributed by atoms with Crippen molar-refractivity contribution in [2.75, 3.05) is 19.6 Å². The summed E-state index contributed by atoms with van der Waals surface area (Å²) >= 11 is 0. The Hall–Kier alpha value is -1.63. The highest BCUT2D eigenvalue weighted by atomic mass is 16.4. The minimum absolute atomic E-state index is 0.00985. The largest absolute Gasteiger partial charge is 0.480 e. The maximum atomic E-state index is 12.0. The Balaban J connectivity index is 4.66. The number of hydrogen-bond donors (Lipinski definition) is 3. The molecule has 1 unspecified atom stereocenters. The van der Waals surface area contributed by atoms with Crippen LogP contribution >= 0.6 is 0 Å². The van der Waals surface area contributed by atoms with Crippen LogP contribution in [0.4, 0.5) is 0 Å². The average Bonchev–Trinajstić information content (AvgIpc) is 2.30. The molecule has 7 nitrogen and oxygen atoms in total. The first-order valence-electron chi connectivity index (χ1n) is 6.99. The third-order valence-electron chi connectivity index (χ3n) is 3.45. The summed E-state index contributed by atoms with van der Waals surface area (Å²) in [5.74, 6) is -2.67. The van der Waals surface area contributed by atoms with Crippen molar-refractivity contribution >= 4 is 17.8 Å². The molecule has 0 aromatic carbocycles. The van der Waals surface area contributed by atoms with Crippen LogP contribution in [0.25, 0.3) is 0 Å². The number of nitrogens with two attached hydrogens (primary N) is 1. The van der Waals surface area contributed by atoms with E-state index in [1.807, 2.05) is 0 Å². The Morgan fingerprint density at radius 1 is 1.05 bits per heavy atom. The fourth-order valence-electron chi connectivity index (χ4n) is 2.23. The number of carboxylic acid groups (broad SMARTS) is 2. The highest BCUT2D eigenvalue weighted by Gasteiger charge is 2.26. The minimum Gasteiger partial charge on any atom is -0.480 e. The Labute approximate surface area is 125 Å². The molecular formula is C14H26N2O5. The minimum atomic E-state index is -1.22. The second-order valence-electron chi connectivity index (χ2n) is 6.22. The van der Waals surface area contributed by atoms with E-state index in [1.165, 1.54) is 0 Å². The van der Waals surface area contributed by atoms with E-state index in [2.05, 4.69) is 20.8 Å². The topological polar surface area (TPSA) is 121 Å². The highest BCUT2D eigenvalue weighted by molar-refractivity contribution is 5.85. The molecule has 0 radical (unpaired) electrons. The number of hydrogen-bond acceptors (Lipinski definition) is 4. The molecule has 7 heteroatoms. The highest BCUT2D eigenvalue weighted by Crippen LogP contribution is 2.32. The summed E-state index contributed by atoms with van der Waals surface area (Å²) in [7, 11) is 0. The zero-order valence-electron chi connectivity index (χ0n) is 13.0. The van der Waals surface area contributed by atoms with Gasteiger partial charge in [0.2, 0.25) is 5.91 Å². The van der Waals surface area contributed by atoms with Crippen molar-refractivity contribution in [3.8, 4) is 0 Å². The van der Waals surface area contributed by atoms with E-state index < -0.39 is 30.9 Å². The lowest BCUT2D eigenvalue weighted by Crippen LogP contribution is -2.39. The summed E-state index contributed by atoms with van der Waals surface area (Å²) in [5.41, 5.74) is 5.56. The van der Waals surface area contributed by atoms with E-state index >= 15 is 0 Å². The Bertz CT molecular complexity index is 360. The maximum absolute atomic E-state index is 12.0. The lowest BCUT2D eigenvalue weighted by Gasteiger charge is -2.31. The smallest absolute Gasteiger partial charge is 0.323 e. The van der Waals surface area contributed by atoms with Gasteiger partial charge in [-0.3, -0.25) is 14.4 Å². The van der Waals surface area contributed by atoms with Crippen molar-refractivity contribution in [3.63, 3.8) is 0 Å². The Morgan fingerprint density at radius 3 is 1.86 bits per heavy atom. The number of nitrogens with zero attached hydrogens (tertiary/aromatic N) is 1.